The van der Waals surface area contributed by atoms with E-state index in [1.165, 1.54) is 23.5 Å². The highest BCUT2D eigenvalue weighted by Gasteiger charge is 2.15. The Bertz CT molecular complexity index is 1160. The van der Waals surface area contributed by atoms with Crippen LogP contribution in [0.25, 0.3) is 20.2 Å². The van der Waals surface area contributed by atoms with Crippen LogP contribution in [0.1, 0.15) is 10.4 Å². The molecule has 0 aliphatic rings. The van der Waals surface area contributed by atoms with E-state index < -0.39 is 0 Å². The Hall–Kier alpha value is -2.50. The molecule has 0 unspecified atom stereocenters. The lowest BCUT2D eigenvalue weighted by Gasteiger charge is -2.06. The summed E-state index contributed by atoms with van der Waals surface area (Å²) in [5, 5.41) is 1.05. The summed E-state index contributed by atoms with van der Waals surface area (Å²) in [6, 6.07) is 18.4. The lowest BCUT2D eigenvalue weighted by Crippen LogP contribution is -2.03. The summed E-state index contributed by atoms with van der Waals surface area (Å²) in [5.74, 6) is -0.341. The van der Waals surface area contributed by atoms with E-state index in [0.29, 0.717) is 25.9 Å². The lowest BCUT2D eigenvalue weighted by molar-refractivity contribution is 0.109. The second-order valence-corrected chi connectivity index (χ2v) is 7.55. The van der Waals surface area contributed by atoms with Gasteiger partial charge in [0.2, 0.25) is 5.12 Å². The fourth-order valence-corrected chi connectivity index (χ4v) is 4.66. The molecule has 0 saturated heterocycles. The van der Waals surface area contributed by atoms with Crippen molar-refractivity contribution in [2.24, 2.45) is 0 Å². The van der Waals surface area contributed by atoms with Gasteiger partial charge in [0.05, 0.1) is 4.70 Å². The number of hydrogen-bond acceptors (Lipinski definition) is 4. The van der Waals surface area contributed by atoms with E-state index in [0.717, 1.165) is 16.5 Å². The molecule has 0 amide bonds. The minimum Gasteiger partial charge on any atom is -0.289 e. The molecule has 1 aromatic heterocycles. The second kappa shape index (κ2) is 6.43. The first-order valence-corrected chi connectivity index (χ1v) is 9.19. The molecule has 0 bridgehead atoms. The van der Waals surface area contributed by atoms with Crippen LogP contribution in [-0.4, -0.2) is 5.12 Å². The van der Waals surface area contributed by atoms with Crippen LogP contribution in [0.3, 0.4) is 0 Å². The Kier molecular flexibility index (Phi) is 4.11. The van der Waals surface area contributed by atoms with Crippen molar-refractivity contribution in [2.75, 3.05) is 0 Å². The molecule has 4 aromatic rings. The van der Waals surface area contributed by atoms with E-state index in [1.807, 2.05) is 18.2 Å². The lowest BCUT2D eigenvalue weighted by atomic mass is 10.1. The number of halogens is 1. The van der Waals surface area contributed by atoms with Crippen LogP contribution >= 0.6 is 23.1 Å². The third-order valence-electron chi connectivity index (χ3n) is 3.85. The average Bonchev–Trinajstić information content (AvgIpc) is 2.63. The summed E-state index contributed by atoms with van der Waals surface area (Å²) in [6.07, 6.45) is 0. The number of benzene rings is 3. The minimum absolute atomic E-state index is 0.0641. The van der Waals surface area contributed by atoms with Crippen molar-refractivity contribution < 1.29 is 9.18 Å². The standard InChI is InChI=1S/C20H11FO2S2/c21-12-8-10-13(11-9-12)24-20(23)16-6-3-5-15-18(22)14-4-1-2-7-17(14)25-19(15)16/h1-11H. The molecule has 5 heteroatoms. The first kappa shape index (κ1) is 16.0. The molecular formula is C20H11FO2S2. The van der Waals surface area contributed by atoms with Crippen LogP contribution in [0, 0.1) is 5.82 Å². The molecule has 0 saturated carbocycles. The smallest absolute Gasteiger partial charge is 0.225 e. The van der Waals surface area contributed by atoms with Crippen LogP contribution in [0.5, 0.6) is 0 Å². The number of carbonyl (C=O) groups is 1. The molecule has 1 heterocycles. The quantitative estimate of drug-likeness (QED) is 0.348. The van der Waals surface area contributed by atoms with Gasteiger partial charge in [0.1, 0.15) is 5.82 Å². The predicted molar refractivity (Wildman–Crippen MR) is 102 cm³/mol. The molecule has 0 aliphatic heterocycles. The topological polar surface area (TPSA) is 34.1 Å². The highest BCUT2D eigenvalue weighted by molar-refractivity contribution is 8.14. The predicted octanol–water partition coefficient (Wildman–Crippen LogP) is 5.49. The summed E-state index contributed by atoms with van der Waals surface area (Å²) < 4.78 is 14.6. The third-order valence-corrected chi connectivity index (χ3v) is 5.98. The van der Waals surface area contributed by atoms with Gasteiger partial charge in [-0.15, -0.1) is 11.3 Å². The van der Waals surface area contributed by atoms with Gasteiger partial charge < -0.3 is 0 Å². The van der Waals surface area contributed by atoms with Crippen LogP contribution in [0.4, 0.5) is 4.39 Å². The SMILES string of the molecule is O=C(Sc1ccc(F)cc1)c1cccc2c(=O)c3ccccc3sc12. The zero-order valence-electron chi connectivity index (χ0n) is 12.9. The van der Waals surface area contributed by atoms with Crippen LogP contribution in [0.15, 0.2) is 76.4 Å². The summed E-state index contributed by atoms with van der Waals surface area (Å²) in [4.78, 5) is 26.1. The Balaban J connectivity index is 1.85. The van der Waals surface area contributed by atoms with Gasteiger partial charge in [-0.25, -0.2) is 4.39 Å². The number of thioether (sulfide) groups is 1. The first-order valence-electron chi connectivity index (χ1n) is 7.56. The maximum atomic E-state index is 13.0. The van der Waals surface area contributed by atoms with Crippen molar-refractivity contribution in [3.63, 3.8) is 0 Å². The van der Waals surface area contributed by atoms with Crippen molar-refractivity contribution in [1.29, 1.82) is 0 Å². The molecule has 25 heavy (non-hydrogen) atoms. The van der Waals surface area contributed by atoms with Crippen LogP contribution < -0.4 is 5.43 Å². The van der Waals surface area contributed by atoms with Crippen molar-refractivity contribution in [2.45, 2.75) is 4.90 Å². The van der Waals surface area contributed by atoms with Gasteiger partial charge in [0.15, 0.2) is 5.43 Å². The van der Waals surface area contributed by atoms with Crippen molar-refractivity contribution in [1.82, 2.24) is 0 Å². The molecule has 3 aromatic carbocycles. The molecule has 0 fully saturated rings. The molecular weight excluding hydrogens is 355 g/mol. The van der Waals surface area contributed by atoms with Gasteiger partial charge >= 0.3 is 0 Å². The zero-order valence-corrected chi connectivity index (χ0v) is 14.5. The Morgan fingerprint density at radius 2 is 1.60 bits per heavy atom. The van der Waals surface area contributed by atoms with E-state index in [-0.39, 0.29) is 16.4 Å². The first-order chi connectivity index (χ1) is 12.1. The fourth-order valence-electron chi connectivity index (χ4n) is 2.65. The Labute approximate surface area is 150 Å². The molecule has 0 spiro atoms. The number of carbonyl (C=O) groups excluding carboxylic acids is 1. The molecule has 122 valence electrons. The highest BCUT2D eigenvalue weighted by Crippen LogP contribution is 2.31. The van der Waals surface area contributed by atoms with E-state index in [9.17, 15) is 14.0 Å². The summed E-state index contributed by atoms with van der Waals surface area (Å²) in [5.41, 5.74) is 0.436. The summed E-state index contributed by atoms with van der Waals surface area (Å²) in [7, 11) is 0. The number of fused-ring (bicyclic) bond motifs is 2. The molecule has 4 rings (SSSR count). The monoisotopic (exact) mass is 366 g/mol. The van der Waals surface area contributed by atoms with Gasteiger partial charge in [-0.3, -0.25) is 9.59 Å². The number of hydrogen-bond donors (Lipinski definition) is 0. The van der Waals surface area contributed by atoms with E-state index in [1.54, 1.807) is 36.4 Å². The van der Waals surface area contributed by atoms with Crippen LogP contribution in [0.2, 0.25) is 0 Å². The summed E-state index contributed by atoms with van der Waals surface area (Å²) >= 11 is 2.47. The normalized spacial score (nSPS) is 11.1. The maximum Gasteiger partial charge on any atom is 0.225 e. The second-order valence-electron chi connectivity index (χ2n) is 5.45. The van der Waals surface area contributed by atoms with Crippen molar-refractivity contribution >= 4 is 48.4 Å². The average molecular weight is 366 g/mol. The fraction of sp³-hybridized carbons (Fsp3) is 0. The summed E-state index contributed by atoms with van der Waals surface area (Å²) in [6.45, 7) is 0. The van der Waals surface area contributed by atoms with E-state index in [2.05, 4.69) is 0 Å². The largest absolute Gasteiger partial charge is 0.289 e. The van der Waals surface area contributed by atoms with Crippen LogP contribution in [-0.2, 0) is 0 Å². The van der Waals surface area contributed by atoms with Crippen molar-refractivity contribution in [3.05, 3.63) is 88.3 Å². The van der Waals surface area contributed by atoms with Gasteiger partial charge in [-0.05, 0) is 60.3 Å². The number of rotatable bonds is 2. The molecule has 2 nitrogen and oxygen atoms in total. The van der Waals surface area contributed by atoms with E-state index >= 15 is 0 Å². The van der Waals surface area contributed by atoms with Gasteiger partial charge in [-0.1, -0.05) is 18.2 Å². The molecule has 0 aliphatic carbocycles. The highest BCUT2D eigenvalue weighted by atomic mass is 32.2. The third kappa shape index (κ3) is 2.97. The van der Waals surface area contributed by atoms with Crippen molar-refractivity contribution in [3.8, 4) is 0 Å². The molecule has 0 radical (unpaired) electrons. The van der Waals surface area contributed by atoms with Gasteiger partial charge in [0.25, 0.3) is 0 Å². The molecule has 0 N–H and O–H groups in total. The zero-order chi connectivity index (χ0) is 17.4. The minimum atomic E-state index is -0.341. The Morgan fingerprint density at radius 1 is 0.880 bits per heavy atom. The van der Waals surface area contributed by atoms with Gasteiger partial charge in [0, 0.05) is 25.9 Å². The Morgan fingerprint density at radius 3 is 2.40 bits per heavy atom. The maximum absolute atomic E-state index is 13.0. The van der Waals surface area contributed by atoms with Gasteiger partial charge in [-0.2, -0.15) is 0 Å². The molecule has 0 atom stereocenters. The van der Waals surface area contributed by atoms with E-state index in [4.69, 9.17) is 0 Å².